The highest BCUT2D eigenvalue weighted by molar-refractivity contribution is 6.00. The van der Waals surface area contributed by atoms with Gasteiger partial charge in [0.05, 0.1) is 30.6 Å². The lowest BCUT2D eigenvalue weighted by molar-refractivity contribution is 0.0618. The summed E-state index contributed by atoms with van der Waals surface area (Å²) >= 11 is 0. The van der Waals surface area contributed by atoms with Crippen LogP contribution in [0.25, 0.3) is 16.9 Å². The van der Waals surface area contributed by atoms with Gasteiger partial charge < -0.3 is 14.2 Å². The molecule has 0 atom stereocenters. The molecule has 174 valence electrons. The van der Waals surface area contributed by atoms with E-state index in [0.717, 1.165) is 41.5 Å². The predicted octanol–water partition coefficient (Wildman–Crippen LogP) is 3.80. The first kappa shape index (κ1) is 21.9. The van der Waals surface area contributed by atoms with Crippen LogP contribution in [0.3, 0.4) is 0 Å². The third kappa shape index (κ3) is 4.58. The molecule has 5 rings (SSSR count). The van der Waals surface area contributed by atoms with Gasteiger partial charge in [0.2, 0.25) is 0 Å². The molecule has 34 heavy (non-hydrogen) atoms. The first-order valence-electron chi connectivity index (χ1n) is 11.3. The van der Waals surface area contributed by atoms with E-state index in [0.29, 0.717) is 30.9 Å². The van der Waals surface area contributed by atoms with E-state index in [1.165, 1.54) is 0 Å². The van der Waals surface area contributed by atoms with E-state index in [1.54, 1.807) is 11.8 Å². The summed E-state index contributed by atoms with van der Waals surface area (Å²) < 4.78 is 12.4. The maximum atomic E-state index is 13.6. The van der Waals surface area contributed by atoms with E-state index in [2.05, 4.69) is 10.1 Å². The number of carbonyl (C=O) groups excluding carboxylic acids is 1. The predicted molar refractivity (Wildman–Crippen MR) is 128 cm³/mol. The van der Waals surface area contributed by atoms with E-state index in [4.69, 9.17) is 14.4 Å². The summed E-state index contributed by atoms with van der Waals surface area (Å²) in [7, 11) is 1.64. The molecule has 3 heterocycles. The normalized spacial score (nSPS) is 14.4. The summed E-state index contributed by atoms with van der Waals surface area (Å²) in [5, 5.41) is 8.75. The SMILES string of the molecule is COc1ccc(-c2nn(-c3ccccc3)cc2C(=O)N2CCN(Cc3cc(C)no3)CC2)cc1. The summed E-state index contributed by atoms with van der Waals surface area (Å²) in [4.78, 5) is 17.8. The molecule has 8 nitrogen and oxygen atoms in total. The van der Waals surface area contributed by atoms with Crippen LogP contribution in [0.1, 0.15) is 21.8 Å². The topological polar surface area (TPSA) is 76.6 Å². The van der Waals surface area contributed by atoms with Gasteiger partial charge in [-0.2, -0.15) is 5.10 Å². The molecular weight excluding hydrogens is 430 g/mol. The molecule has 1 aliphatic heterocycles. The average molecular weight is 458 g/mol. The van der Waals surface area contributed by atoms with Crippen molar-refractivity contribution < 1.29 is 14.1 Å². The van der Waals surface area contributed by atoms with Crippen LogP contribution >= 0.6 is 0 Å². The van der Waals surface area contributed by atoms with Crippen molar-refractivity contribution in [1.82, 2.24) is 24.7 Å². The van der Waals surface area contributed by atoms with E-state index >= 15 is 0 Å². The molecule has 0 radical (unpaired) electrons. The standard InChI is InChI=1S/C26H27N5O3/c1-19-16-23(34-28-19)17-29-12-14-30(15-13-29)26(32)24-18-31(21-6-4-3-5-7-21)27-25(24)20-8-10-22(33-2)11-9-20/h3-11,16,18H,12-15,17H2,1-2H3. The second-order valence-corrected chi connectivity index (χ2v) is 8.40. The van der Waals surface area contributed by atoms with Gasteiger partial charge in [-0.05, 0) is 43.3 Å². The second kappa shape index (κ2) is 9.52. The van der Waals surface area contributed by atoms with Gasteiger partial charge in [-0.15, -0.1) is 0 Å². The number of benzene rings is 2. The Hall–Kier alpha value is -3.91. The van der Waals surface area contributed by atoms with Crippen molar-refractivity contribution in [3.05, 3.63) is 83.9 Å². The Balaban J connectivity index is 1.38. The number of amides is 1. The Kier molecular flexibility index (Phi) is 6.14. The lowest BCUT2D eigenvalue weighted by atomic mass is 10.1. The minimum atomic E-state index is -0.0110. The van der Waals surface area contributed by atoms with Crippen molar-refractivity contribution in [3.63, 3.8) is 0 Å². The number of aryl methyl sites for hydroxylation is 1. The number of hydrogen-bond acceptors (Lipinski definition) is 6. The molecule has 2 aromatic carbocycles. The summed E-state index contributed by atoms with van der Waals surface area (Å²) in [6, 6.07) is 19.4. The van der Waals surface area contributed by atoms with Gasteiger partial charge in [-0.3, -0.25) is 9.69 Å². The van der Waals surface area contributed by atoms with Crippen molar-refractivity contribution in [1.29, 1.82) is 0 Å². The molecule has 0 spiro atoms. The minimum Gasteiger partial charge on any atom is -0.497 e. The van der Waals surface area contributed by atoms with Crippen molar-refractivity contribution in [2.45, 2.75) is 13.5 Å². The molecule has 1 fully saturated rings. The largest absolute Gasteiger partial charge is 0.497 e. The third-order valence-electron chi connectivity index (χ3n) is 6.04. The smallest absolute Gasteiger partial charge is 0.257 e. The van der Waals surface area contributed by atoms with Crippen molar-refractivity contribution in [2.75, 3.05) is 33.3 Å². The highest BCUT2D eigenvalue weighted by Gasteiger charge is 2.27. The van der Waals surface area contributed by atoms with Gasteiger partial charge in [-0.1, -0.05) is 23.4 Å². The maximum absolute atomic E-state index is 13.6. The number of nitrogens with zero attached hydrogens (tertiary/aromatic N) is 5. The number of carbonyl (C=O) groups is 1. The van der Waals surface area contributed by atoms with Gasteiger partial charge in [0.1, 0.15) is 11.4 Å². The Morgan fingerprint density at radius 2 is 1.76 bits per heavy atom. The quantitative estimate of drug-likeness (QED) is 0.438. The molecule has 0 N–H and O–H groups in total. The number of rotatable bonds is 6. The van der Waals surface area contributed by atoms with E-state index in [9.17, 15) is 4.79 Å². The molecule has 0 saturated carbocycles. The molecular formula is C26H27N5O3. The highest BCUT2D eigenvalue weighted by Crippen LogP contribution is 2.27. The summed E-state index contributed by atoms with van der Waals surface area (Å²) in [5.41, 5.74) is 3.91. The van der Waals surface area contributed by atoms with E-state index in [1.807, 2.05) is 78.7 Å². The van der Waals surface area contributed by atoms with Crippen LogP contribution < -0.4 is 4.74 Å². The monoisotopic (exact) mass is 457 g/mol. The summed E-state index contributed by atoms with van der Waals surface area (Å²) in [5.74, 6) is 1.60. The molecule has 1 saturated heterocycles. The second-order valence-electron chi connectivity index (χ2n) is 8.40. The van der Waals surface area contributed by atoms with E-state index in [-0.39, 0.29) is 5.91 Å². The molecule has 1 amide bonds. The molecule has 2 aromatic heterocycles. The first-order valence-corrected chi connectivity index (χ1v) is 11.3. The lowest BCUT2D eigenvalue weighted by Gasteiger charge is -2.34. The number of methoxy groups -OCH3 is 1. The van der Waals surface area contributed by atoms with Crippen LogP contribution in [0, 0.1) is 6.92 Å². The van der Waals surface area contributed by atoms with Crippen molar-refractivity contribution >= 4 is 5.91 Å². The fraction of sp³-hybridized carbons (Fsp3) is 0.269. The summed E-state index contributed by atoms with van der Waals surface area (Å²) in [6.07, 6.45) is 1.83. The fourth-order valence-electron chi connectivity index (χ4n) is 4.20. The lowest BCUT2D eigenvalue weighted by Crippen LogP contribution is -2.48. The van der Waals surface area contributed by atoms with Crippen molar-refractivity contribution in [3.8, 4) is 22.7 Å². The number of para-hydroxylation sites is 1. The van der Waals surface area contributed by atoms with Crippen LogP contribution in [-0.2, 0) is 6.54 Å². The van der Waals surface area contributed by atoms with Crippen LogP contribution in [0.15, 0.2) is 71.4 Å². The van der Waals surface area contributed by atoms with E-state index < -0.39 is 0 Å². The summed E-state index contributed by atoms with van der Waals surface area (Å²) in [6.45, 7) is 5.45. The number of piperazine rings is 1. The highest BCUT2D eigenvalue weighted by atomic mass is 16.5. The van der Waals surface area contributed by atoms with Gasteiger partial charge in [0, 0.05) is 44.0 Å². The fourth-order valence-corrected chi connectivity index (χ4v) is 4.20. The number of hydrogen-bond donors (Lipinski definition) is 0. The maximum Gasteiger partial charge on any atom is 0.257 e. The van der Waals surface area contributed by atoms with Gasteiger partial charge >= 0.3 is 0 Å². The Labute approximate surface area is 198 Å². The minimum absolute atomic E-state index is 0.0110. The van der Waals surface area contributed by atoms with Crippen LogP contribution in [-0.4, -0.2) is 63.9 Å². The van der Waals surface area contributed by atoms with Crippen LogP contribution in [0.4, 0.5) is 0 Å². The van der Waals surface area contributed by atoms with Gasteiger partial charge in [0.25, 0.3) is 5.91 Å². The first-order chi connectivity index (χ1) is 16.6. The Bertz CT molecular complexity index is 1260. The zero-order valence-corrected chi connectivity index (χ0v) is 19.3. The third-order valence-corrected chi connectivity index (χ3v) is 6.04. The van der Waals surface area contributed by atoms with Crippen molar-refractivity contribution in [2.24, 2.45) is 0 Å². The number of aromatic nitrogens is 3. The Morgan fingerprint density at radius 1 is 1.03 bits per heavy atom. The Morgan fingerprint density at radius 3 is 2.41 bits per heavy atom. The van der Waals surface area contributed by atoms with Crippen LogP contribution in [0.2, 0.25) is 0 Å². The van der Waals surface area contributed by atoms with Gasteiger partial charge in [-0.25, -0.2) is 4.68 Å². The number of ether oxygens (including phenoxy) is 1. The molecule has 0 bridgehead atoms. The molecule has 0 unspecified atom stereocenters. The zero-order chi connectivity index (χ0) is 23.5. The van der Waals surface area contributed by atoms with Gasteiger partial charge in [0.15, 0.2) is 5.76 Å². The molecule has 8 heteroatoms. The van der Waals surface area contributed by atoms with Crippen LogP contribution in [0.5, 0.6) is 5.75 Å². The molecule has 0 aliphatic carbocycles. The molecule has 1 aliphatic rings. The average Bonchev–Trinajstić information content (AvgIpc) is 3.51. The molecule has 4 aromatic rings. The zero-order valence-electron chi connectivity index (χ0n) is 19.3.